The zero-order valence-corrected chi connectivity index (χ0v) is 14.2. The smallest absolute Gasteiger partial charge is 0.250 e. The van der Waals surface area contributed by atoms with Crippen LogP contribution in [0.1, 0.15) is 45.1 Å². The highest BCUT2D eigenvalue weighted by Crippen LogP contribution is 2.32. The van der Waals surface area contributed by atoms with Gasteiger partial charge in [-0.1, -0.05) is 13.8 Å². The number of nitrogens with one attached hydrogen (secondary N) is 1. The number of ether oxygens (including phenoxy) is 1. The lowest BCUT2D eigenvalue weighted by molar-refractivity contribution is -0.0905. The van der Waals surface area contributed by atoms with Crippen molar-refractivity contribution in [2.24, 2.45) is 5.73 Å². The maximum absolute atomic E-state index is 12.4. The van der Waals surface area contributed by atoms with E-state index in [1.807, 2.05) is 0 Å². The summed E-state index contributed by atoms with van der Waals surface area (Å²) in [6.45, 7) is 5.14. The van der Waals surface area contributed by atoms with Crippen molar-refractivity contribution in [1.82, 2.24) is 4.72 Å². The molecule has 1 aliphatic heterocycles. The molecule has 1 fully saturated rings. The van der Waals surface area contributed by atoms with Crippen molar-refractivity contribution in [3.05, 3.63) is 17.0 Å². The van der Waals surface area contributed by atoms with Gasteiger partial charge in [0.2, 0.25) is 10.0 Å². The second-order valence-electron chi connectivity index (χ2n) is 5.53. The highest BCUT2D eigenvalue weighted by molar-refractivity contribution is 7.91. The number of nitrogens with two attached hydrogens (primary N) is 1. The Labute approximate surface area is 130 Å². The van der Waals surface area contributed by atoms with Gasteiger partial charge in [-0.25, -0.2) is 13.1 Å². The molecule has 120 valence electrons. The van der Waals surface area contributed by atoms with Gasteiger partial charge in [-0.05, 0) is 42.7 Å². The lowest BCUT2D eigenvalue weighted by atomic mass is 9.86. The number of hydrogen-bond donors (Lipinski definition) is 2. The first-order valence-corrected chi connectivity index (χ1v) is 9.74. The zero-order chi connectivity index (χ0) is 15.5. The van der Waals surface area contributed by atoms with Crippen LogP contribution in [0.15, 0.2) is 15.7 Å². The van der Waals surface area contributed by atoms with Crippen molar-refractivity contribution in [2.45, 2.75) is 61.9 Å². The Bertz CT molecular complexity index is 565. The molecular formula is C14H24N2O3S2. The Morgan fingerprint density at radius 3 is 2.76 bits per heavy atom. The lowest BCUT2D eigenvalue weighted by Gasteiger charge is -2.40. The fourth-order valence-electron chi connectivity index (χ4n) is 2.75. The maximum Gasteiger partial charge on any atom is 0.250 e. The molecule has 1 aromatic heterocycles. The molecule has 21 heavy (non-hydrogen) atoms. The first-order chi connectivity index (χ1) is 9.94. The van der Waals surface area contributed by atoms with Crippen LogP contribution in [0, 0.1) is 0 Å². The summed E-state index contributed by atoms with van der Waals surface area (Å²) in [6, 6.07) is 1.59. The van der Waals surface area contributed by atoms with Gasteiger partial charge in [-0.2, -0.15) is 0 Å². The van der Waals surface area contributed by atoms with Crippen LogP contribution >= 0.6 is 11.3 Å². The number of rotatable bonds is 6. The van der Waals surface area contributed by atoms with Crippen LogP contribution in [0.25, 0.3) is 0 Å². The van der Waals surface area contributed by atoms with Crippen LogP contribution in [-0.4, -0.2) is 26.7 Å². The Morgan fingerprint density at radius 1 is 1.48 bits per heavy atom. The van der Waals surface area contributed by atoms with Gasteiger partial charge in [0.15, 0.2) is 0 Å². The van der Waals surface area contributed by atoms with Gasteiger partial charge in [0.05, 0.1) is 5.60 Å². The van der Waals surface area contributed by atoms with Crippen molar-refractivity contribution < 1.29 is 13.2 Å². The fraction of sp³-hybridized carbons (Fsp3) is 0.714. The van der Waals surface area contributed by atoms with Crippen LogP contribution in [0.4, 0.5) is 0 Å². The van der Waals surface area contributed by atoms with Crippen molar-refractivity contribution in [2.75, 3.05) is 6.61 Å². The summed E-state index contributed by atoms with van der Waals surface area (Å²) in [7, 11) is -3.46. The van der Waals surface area contributed by atoms with Crippen molar-refractivity contribution in [3.8, 4) is 0 Å². The molecule has 1 aromatic rings. The topological polar surface area (TPSA) is 81.4 Å². The van der Waals surface area contributed by atoms with Crippen LogP contribution in [0.5, 0.6) is 0 Å². The second kappa shape index (κ2) is 6.75. The molecule has 0 radical (unpaired) electrons. The molecule has 5 nitrogen and oxygen atoms in total. The number of sulfonamides is 1. The summed E-state index contributed by atoms with van der Waals surface area (Å²) in [5.74, 6) is 0. The molecular weight excluding hydrogens is 308 g/mol. The average Bonchev–Trinajstić information content (AvgIpc) is 2.97. The molecule has 1 atom stereocenters. The van der Waals surface area contributed by atoms with E-state index in [2.05, 4.69) is 18.6 Å². The molecule has 0 bridgehead atoms. The van der Waals surface area contributed by atoms with E-state index in [0.717, 1.165) is 31.2 Å². The summed E-state index contributed by atoms with van der Waals surface area (Å²) in [5.41, 5.74) is 6.20. The van der Waals surface area contributed by atoms with Gasteiger partial charge in [-0.3, -0.25) is 0 Å². The largest absolute Gasteiger partial charge is 0.375 e. The lowest BCUT2D eigenvalue weighted by Crippen LogP contribution is -2.47. The third-order valence-electron chi connectivity index (χ3n) is 4.23. The highest BCUT2D eigenvalue weighted by Gasteiger charge is 2.36. The molecule has 2 rings (SSSR count). The first kappa shape index (κ1) is 16.9. The van der Waals surface area contributed by atoms with Crippen LogP contribution in [0.3, 0.4) is 0 Å². The Kier molecular flexibility index (Phi) is 5.43. The molecule has 2 heterocycles. The molecule has 7 heteroatoms. The highest BCUT2D eigenvalue weighted by atomic mass is 32.2. The van der Waals surface area contributed by atoms with E-state index in [-0.39, 0.29) is 11.6 Å². The monoisotopic (exact) mass is 332 g/mol. The molecule has 0 aromatic carbocycles. The van der Waals surface area contributed by atoms with Gasteiger partial charge in [0.1, 0.15) is 4.21 Å². The molecule has 0 aliphatic carbocycles. The SMILES string of the molecule is CCC1(CC)CC(NS(=O)(=O)c2cc(CN)cs2)CCO1. The van der Waals surface area contributed by atoms with Gasteiger partial charge in [-0.15, -0.1) is 11.3 Å². The first-order valence-electron chi connectivity index (χ1n) is 7.38. The Morgan fingerprint density at radius 2 is 2.19 bits per heavy atom. The summed E-state index contributed by atoms with van der Waals surface area (Å²) in [6.07, 6.45) is 3.25. The van der Waals surface area contributed by atoms with Crippen LogP contribution in [-0.2, 0) is 21.3 Å². The standard InChI is InChI=1S/C14H24N2O3S2/c1-3-14(4-2)8-12(5-6-19-14)16-21(17,18)13-7-11(9-15)10-20-13/h7,10,12,16H,3-6,8-9,15H2,1-2H3. The van der Waals surface area contributed by atoms with Gasteiger partial charge in [0.25, 0.3) is 0 Å². The average molecular weight is 332 g/mol. The normalized spacial score (nSPS) is 22.3. The van der Waals surface area contributed by atoms with Crippen molar-refractivity contribution in [3.63, 3.8) is 0 Å². The van der Waals surface area contributed by atoms with Crippen molar-refractivity contribution in [1.29, 1.82) is 0 Å². The fourth-order valence-corrected chi connectivity index (χ4v) is 5.26. The minimum atomic E-state index is -3.46. The van der Waals surface area contributed by atoms with Crippen LogP contribution < -0.4 is 10.5 Å². The number of thiophene rings is 1. The maximum atomic E-state index is 12.4. The Balaban J connectivity index is 2.09. The van der Waals surface area contributed by atoms with E-state index in [1.54, 1.807) is 11.4 Å². The van der Waals surface area contributed by atoms with Crippen LogP contribution in [0.2, 0.25) is 0 Å². The third-order valence-corrected chi connectivity index (χ3v) is 7.24. The van der Waals surface area contributed by atoms with Gasteiger partial charge < -0.3 is 10.5 Å². The second-order valence-corrected chi connectivity index (χ2v) is 8.38. The van der Waals surface area contributed by atoms with E-state index in [4.69, 9.17) is 10.5 Å². The van der Waals surface area contributed by atoms with E-state index >= 15 is 0 Å². The molecule has 0 spiro atoms. The summed E-state index contributed by atoms with van der Waals surface area (Å²) in [5, 5.41) is 1.79. The Hall–Kier alpha value is -0.470. The van der Waals surface area contributed by atoms with Gasteiger partial charge >= 0.3 is 0 Å². The molecule has 1 aliphatic rings. The molecule has 0 amide bonds. The summed E-state index contributed by atoms with van der Waals surface area (Å²) < 4.78 is 33.9. The minimum Gasteiger partial charge on any atom is -0.375 e. The third kappa shape index (κ3) is 3.84. The predicted molar refractivity (Wildman–Crippen MR) is 84.8 cm³/mol. The molecule has 3 N–H and O–H groups in total. The quantitative estimate of drug-likeness (QED) is 0.837. The molecule has 1 unspecified atom stereocenters. The molecule has 0 saturated carbocycles. The number of hydrogen-bond acceptors (Lipinski definition) is 5. The van der Waals surface area contributed by atoms with Gasteiger partial charge in [0, 0.05) is 19.2 Å². The van der Waals surface area contributed by atoms with Crippen molar-refractivity contribution >= 4 is 21.4 Å². The van der Waals surface area contributed by atoms with E-state index in [1.165, 1.54) is 11.3 Å². The van der Waals surface area contributed by atoms with E-state index in [9.17, 15) is 8.42 Å². The summed E-state index contributed by atoms with van der Waals surface area (Å²) in [4.78, 5) is 0. The van der Waals surface area contributed by atoms with E-state index < -0.39 is 10.0 Å². The predicted octanol–water partition coefficient (Wildman–Crippen LogP) is 2.22. The van der Waals surface area contributed by atoms with E-state index in [0.29, 0.717) is 17.4 Å². The minimum absolute atomic E-state index is 0.0629. The zero-order valence-electron chi connectivity index (χ0n) is 12.6. The molecule has 1 saturated heterocycles. The summed E-state index contributed by atoms with van der Waals surface area (Å²) >= 11 is 1.22.